The first-order valence-electron chi connectivity index (χ1n) is 11.4. The number of fused-ring (bicyclic) bond motifs is 4. The molecule has 2 aliphatic rings. The summed E-state index contributed by atoms with van der Waals surface area (Å²) in [5, 5.41) is 7.36. The van der Waals surface area contributed by atoms with E-state index in [4.69, 9.17) is 0 Å². The summed E-state index contributed by atoms with van der Waals surface area (Å²) in [7, 11) is 0. The first kappa shape index (κ1) is 19.2. The topological polar surface area (TPSA) is 24.1 Å². The van der Waals surface area contributed by atoms with E-state index in [1.165, 1.54) is 56.1 Å². The standard InChI is InChI=1S/C30H28N2/c1-29(2)21-9-5-7-11-25(21)31-27-17-19(13-15-23(27)29)20-14-16-24-28(18-20)32-26-12-8-6-10-22(26)30(24,3)4/h5-18,31-32H,1-4H3. The Hall–Kier alpha value is -3.52. The molecule has 0 radical (unpaired) electrons. The Morgan fingerprint density at radius 3 is 1.25 bits per heavy atom. The van der Waals surface area contributed by atoms with Crippen molar-refractivity contribution in [2.45, 2.75) is 38.5 Å². The fourth-order valence-electron chi connectivity index (χ4n) is 5.60. The maximum Gasteiger partial charge on any atom is 0.0432 e. The van der Waals surface area contributed by atoms with Crippen LogP contribution in [0.25, 0.3) is 11.1 Å². The van der Waals surface area contributed by atoms with Gasteiger partial charge < -0.3 is 10.6 Å². The molecule has 4 aromatic rings. The summed E-state index contributed by atoms with van der Waals surface area (Å²) in [4.78, 5) is 0. The zero-order chi connectivity index (χ0) is 22.1. The summed E-state index contributed by atoms with van der Waals surface area (Å²) in [5.41, 5.74) is 12.6. The molecule has 6 rings (SSSR count). The molecule has 0 amide bonds. The molecule has 0 spiro atoms. The van der Waals surface area contributed by atoms with Crippen molar-refractivity contribution in [2.75, 3.05) is 10.6 Å². The average Bonchev–Trinajstić information content (AvgIpc) is 2.78. The summed E-state index contributed by atoms with van der Waals surface area (Å²) in [5.74, 6) is 0. The molecular formula is C30H28N2. The molecule has 0 aromatic heterocycles. The van der Waals surface area contributed by atoms with E-state index in [0.717, 1.165) is 0 Å². The van der Waals surface area contributed by atoms with Gasteiger partial charge in [-0.1, -0.05) is 88.4 Å². The van der Waals surface area contributed by atoms with E-state index in [2.05, 4.69) is 123 Å². The number of para-hydroxylation sites is 2. The van der Waals surface area contributed by atoms with Gasteiger partial charge in [0.25, 0.3) is 0 Å². The van der Waals surface area contributed by atoms with E-state index >= 15 is 0 Å². The summed E-state index contributed by atoms with van der Waals surface area (Å²) >= 11 is 0. The van der Waals surface area contributed by atoms with Gasteiger partial charge in [-0.2, -0.15) is 0 Å². The van der Waals surface area contributed by atoms with Crippen LogP contribution in [0.15, 0.2) is 84.9 Å². The molecule has 0 unspecified atom stereocenters. The normalized spacial score (nSPS) is 16.5. The zero-order valence-electron chi connectivity index (χ0n) is 19.1. The van der Waals surface area contributed by atoms with Gasteiger partial charge in [-0.05, 0) is 57.6 Å². The zero-order valence-corrected chi connectivity index (χ0v) is 19.1. The van der Waals surface area contributed by atoms with E-state index in [0.29, 0.717) is 0 Å². The van der Waals surface area contributed by atoms with Crippen molar-refractivity contribution in [3.8, 4) is 11.1 Å². The largest absolute Gasteiger partial charge is 0.355 e. The number of benzene rings is 4. The third kappa shape index (κ3) is 2.65. The molecule has 0 saturated heterocycles. The first-order chi connectivity index (χ1) is 15.4. The van der Waals surface area contributed by atoms with Gasteiger partial charge in [0.2, 0.25) is 0 Å². The van der Waals surface area contributed by atoms with Crippen LogP contribution >= 0.6 is 0 Å². The SMILES string of the molecule is CC1(C)c2ccccc2Nc2cc(-c3ccc4c(c3)Nc3ccccc3C4(C)C)ccc21. The highest BCUT2D eigenvalue weighted by atomic mass is 14.9. The van der Waals surface area contributed by atoms with Crippen LogP contribution in [0.1, 0.15) is 49.9 Å². The molecule has 2 aliphatic heterocycles. The van der Waals surface area contributed by atoms with Crippen molar-refractivity contribution in [3.05, 3.63) is 107 Å². The number of nitrogens with one attached hydrogen (secondary N) is 2. The van der Waals surface area contributed by atoms with Crippen molar-refractivity contribution in [2.24, 2.45) is 0 Å². The van der Waals surface area contributed by atoms with Gasteiger partial charge in [-0.15, -0.1) is 0 Å². The lowest BCUT2D eigenvalue weighted by atomic mass is 9.73. The van der Waals surface area contributed by atoms with E-state index in [-0.39, 0.29) is 10.8 Å². The molecule has 0 saturated carbocycles. The van der Waals surface area contributed by atoms with Crippen molar-refractivity contribution in [1.82, 2.24) is 0 Å². The highest BCUT2D eigenvalue weighted by molar-refractivity contribution is 5.83. The lowest BCUT2D eigenvalue weighted by molar-refractivity contribution is 0.637. The molecule has 0 atom stereocenters. The summed E-state index contributed by atoms with van der Waals surface area (Å²) in [6, 6.07) is 31.0. The Bertz CT molecular complexity index is 1270. The Kier molecular flexibility index (Phi) is 3.89. The van der Waals surface area contributed by atoms with Crippen molar-refractivity contribution < 1.29 is 0 Å². The van der Waals surface area contributed by atoms with Gasteiger partial charge in [-0.3, -0.25) is 0 Å². The molecule has 0 aliphatic carbocycles. The quantitative estimate of drug-likeness (QED) is 0.327. The second kappa shape index (κ2) is 6.49. The van der Waals surface area contributed by atoms with Crippen molar-refractivity contribution >= 4 is 22.7 Å². The summed E-state index contributed by atoms with van der Waals surface area (Å²) in [6.07, 6.45) is 0. The first-order valence-corrected chi connectivity index (χ1v) is 11.4. The van der Waals surface area contributed by atoms with Crippen LogP contribution in [0.2, 0.25) is 0 Å². The molecule has 4 aromatic carbocycles. The Morgan fingerprint density at radius 1 is 0.438 bits per heavy atom. The molecule has 32 heavy (non-hydrogen) atoms. The molecular weight excluding hydrogens is 388 g/mol. The Morgan fingerprint density at radius 2 is 0.812 bits per heavy atom. The average molecular weight is 417 g/mol. The molecule has 0 bridgehead atoms. The lowest BCUT2D eigenvalue weighted by Crippen LogP contribution is -2.26. The van der Waals surface area contributed by atoms with Crippen LogP contribution in [0, 0.1) is 0 Å². The Labute approximate surface area is 190 Å². The summed E-state index contributed by atoms with van der Waals surface area (Å²) < 4.78 is 0. The van der Waals surface area contributed by atoms with E-state index in [1.807, 2.05) is 0 Å². The van der Waals surface area contributed by atoms with E-state index < -0.39 is 0 Å². The van der Waals surface area contributed by atoms with Gasteiger partial charge in [0, 0.05) is 33.6 Å². The maximum absolute atomic E-state index is 3.68. The second-order valence-corrected chi connectivity index (χ2v) is 10.1. The Balaban J connectivity index is 1.43. The minimum Gasteiger partial charge on any atom is -0.355 e. The number of anilines is 4. The van der Waals surface area contributed by atoms with Gasteiger partial charge >= 0.3 is 0 Å². The van der Waals surface area contributed by atoms with Gasteiger partial charge in [0.1, 0.15) is 0 Å². The third-order valence-corrected chi connectivity index (χ3v) is 7.46. The van der Waals surface area contributed by atoms with E-state index in [1.54, 1.807) is 0 Å². The molecule has 158 valence electrons. The van der Waals surface area contributed by atoms with Crippen LogP contribution in [0.5, 0.6) is 0 Å². The predicted octanol–water partition coefficient (Wildman–Crippen LogP) is 8.12. The second-order valence-electron chi connectivity index (χ2n) is 10.1. The number of hydrogen-bond donors (Lipinski definition) is 2. The molecule has 2 nitrogen and oxygen atoms in total. The van der Waals surface area contributed by atoms with Gasteiger partial charge in [0.05, 0.1) is 0 Å². The van der Waals surface area contributed by atoms with Crippen LogP contribution in [0.4, 0.5) is 22.7 Å². The molecule has 0 fully saturated rings. The van der Waals surface area contributed by atoms with Gasteiger partial charge in [-0.25, -0.2) is 0 Å². The number of hydrogen-bond acceptors (Lipinski definition) is 2. The fraction of sp³-hybridized carbons (Fsp3) is 0.200. The molecule has 2 heterocycles. The fourth-order valence-corrected chi connectivity index (χ4v) is 5.60. The van der Waals surface area contributed by atoms with Crippen molar-refractivity contribution in [3.63, 3.8) is 0 Å². The monoisotopic (exact) mass is 416 g/mol. The van der Waals surface area contributed by atoms with Crippen LogP contribution < -0.4 is 10.6 Å². The van der Waals surface area contributed by atoms with Crippen LogP contribution in [0.3, 0.4) is 0 Å². The van der Waals surface area contributed by atoms with Crippen LogP contribution in [-0.4, -0.2) is 0 Å². The molecule has 2 N–H and O–H groups in total. The summed E-state index contributed by atoms with van der Waals surface area (Å²) in [6.45, 7) is 9.25. The predicted molar refractivity (Wildman–Crippen MR) is 136 cm³/mol. The van der Waals surface area contributed by atoms with Gasteiger partial charge in [0.15, 0.2) is 0 Å². The maximum atomic E-state index is 3.68. The smallest absolute Gasteiger partial charge is 0.0432 e. The number of rotatable bonds is 1. The highest BCUT2D eigenvalue weighted by Crippen LogP contribution is 2.48. The van der Waals surface area contributed by atoms with E-state index in [9.17, 15) is 0 Å². The minimum absolute atomic E-state index is 0.0269. The highest BCUT2D eigenvalue weighted by Gasteiger charge is 2.34. The van der Waals surface area contributed by atoms with Crippen molar-refractivity contribution in [1.29, 1.82) is 0 Å². The minimum atomic E-state index is -0.0269. The molecule has 2 heteroatoms. The lowest BCUT2D eigenvalue weighted by Gasteiger charge is -2.36. The van der Waals surface area contributed by atoms with Crippen LogP contribution in [-0.2, 0) is 10.8 Å². The third-order valence-electron chi connectivity index (χ3n) is 7.46.